The van der Waals surface area contributed by atoms with Crippen molar-refractivity contribution in [3.05, 3.63) is 152 Å². The van der Waals surface area contributed by atoms with Crippen molar-refractivity contribution in [3.63, 3.8) is 0 Å². The lowest BCUT2D eigenvalue weighted by Crippen LogP contribution is -2.55. The highest BCUT2D eigenvalue weighted by Gasteiger charge is 2.22. The van der Waals surface area contributed by atoms with E-state index in [4.69, 9.17) is 44.2 Å². The average molecular weight is 648 g/mol. The largest absolute Gasteiger partial charge is 0.292 e. The Morgan fingerprint density at radius 2 is 0.865 bits per heavy atom. The van der Waals surface area contributed by atoms with Gasteiger partial charge in [0.1, 0.15) is 45.1 Å². The Morgan fingerprint density at radius 3 is 1.52 bits per heavy atom. The van der Waals surface area contributed by atoms with Crippen molar-refractivity contribution in [1.29, 1.82) is 0 Å². The normalized spacial score (nSPS) is 11.5. The molecule has 0 fully saturated rings. The van der Waals surface area contributed by atoms with Crippen LogP contribution < -0.4 is 27.3 Å². The van der Waals surface area contributed by atoms with E-state index >= 15 is 0 Å². The standard InChI is InChI=1S/C45H25B5N2/c46-40-38(41(47)43(49)44(50)42(40)48)28-16-12-15-27(25-28)37-29-17-4-6-19-31(29)39(32-20-7-5-18-30(32)37)33-21-8-10-23-35(33)52-36-24-11-9-22-34(36)51-45(52)26-13-2-1-3-14-26/h1-25H. The minimum absolute atomic E-state index is 0.197. The number of benzene rings is 8. The maximum Gasteiger partial charge on any atom is 0.145 e. The number of fused-ring (bicyclic) bond motifs is 3. The van der Waals surface area contributed by atoms with Crippen LogP contribution in [0.15, 0.2) is 152 Å². The molecule has 0 spiro atoms. The predicted molar refractivity (Wildman–Crippen MR) is 225 cm³/mol. The number of hydrogen-bond donors (Lipinski definition) is 0. The van der Waals surface area contributed by atoms with Gasteiger partial charge in [0.05, 0.1) is 16.7 Å². The Hall–Kier alpha value is -5.93. The molecule has 0 N–H and O–H groups in total. The van der Waals surface area contributed by atoms with Gasteiger partial charge >= 0.3 is 0 Å². The van der Waals surface area contributed by atoms with Crippen molar-refractivity contribution >= 4 is 99.1 Å². The molecule has 1 aromatic heterocycles. The Bertz CT molecular complexity index is 2770. The summed E-state index contributed by atoms with van der Waals surface area (Å²) in [5, 5.41) is 4.47. The number of para-hydroxylation sites is 3. The molecule has 8 aromatic carbocycles. The first-order valence-electron chi connectivity index (χ1n) is 17.1. The van der Waals surface area contributed by atoms with Crippen LogP contribution in [0.1, 0.15) is 0 Å². The van der Waals surface area contributed by atoms with Crippen LogP contribution in [0.25, 0.3) is 83.0 Å². The highest BCUT2D eigenvalue weighted by Crippen LogP contribution is 2.46. The SMILES string of the molecule is [B]c1c([B])c([B])c(-c2cccc(-c3c4ccccc4c(-c4ccccc4-n4c(-c5ccccc5)nc5ccccc54)c4ccccc34)c2)c([B])c1[B]. The lowest BCUT2D eigenvalue weighted by atomic mass is 9.59. The minimum atomic E-state index is 0.197. The van der Waals surface area contributed by atoms with E-state index in [0.717, 1.165) is 77.5 Å². The van der Waals surface area contributed by atoms with Crippen LogP contribution >= 0.6 is 0 Å². The van der Waals surface area contributed by atoms with E-state index in [2.05, 4.69) is 132 Å². The molecule has 0 unspecified atom stereocenters. The van der Waals surface area contributed by atoms with Crippen LogP contribution in [-0.4, -0.2) is 48.8 Å². The topological polar surface area (TPSA) is 17.8 Å². The zero-order chi connectivity index (χ0) is 35.5. The molecule has 0 saturated carbocycles. The molecule has 0 bridgehead atoms. The fourth-order valence-corrected chi connectivity index (χ4v) is 7.65. The third-order valence-electron chi connectivity index (χ3n) is 10.1. The number of hydrogen-bond acceptors (Lipinski definition) is 1. The van der Waals surface area contributed by atoms with Gasteiger partial charge in [-0.05, 0) is 73.6 Å². The van der Waals surface area contributed by atoms with Gasteiger partial charge in [0.15, 0.2) is 0 Å². The van der Waals surface area contributed by atoms with Gasteiger partial charge in [-0.2, -0.15) is 0 Å². The molecule has 0 amide bonds. The van der Waals surface area contributed by atoms with Gasteiger partial charge in [-0.15, -0.1) is 16.4 Å². The summed E-state index contributed by atoms with van der Waals surface area (Å²) in [5.41, 5.74) is 11.1. The molecule has 7 heteroatoms. The summed E-state index contributed by atoms with van der Waals surface area (Å²) in [6, 6.07) is 52.7. The second kappa shape index (κ2) is 12.7. The maximum absolute atomic E-state index is 6.53. The van der Waals surface area contributed by atoms with E-state index in [0.29, 0.717) is 16.5 Å². The van der Waals surface area contributed by atoms with Crippen molar-refractivity contribution in [1.82, 2.24) is 9.55 Å². The summed E-state index contributed by atoms with van der Waals surface area (Å²) >= 11 is 0. The van der Waals surface area contributed by atoms with Gasteiger partial charge in [-0.1, -0.05) is 138 Å². The van der Waals surface area contributed by atoms with Crippen molar-refractivity contribution < 1.29 is 0 Å². The van der Waals surface area contributed by atoms with Crippen LogP contribution in [0, 0.1) is 0 Å². The molecule has 10 radical (unpaired) electrons. The summed E-state index contributed by atoms with van der Waals surface area (Å²) in [5.74, 6) is 0.888. The fourth-order valence-electron chi connectivity index (χ4n) is 7.65. The highest BCUT2D eigenvalue weighted by molar-refractivity contribution is 6.68. The van der Waals surface area contributed by atoms with Crippen LogP contribution in [0.4, 0.5) is 0 Å². The number of imidazole rings is 1. The van der Waals surface area contributed by atoms with Gasteiger partial charge in [-0.25, -0.2) is 4.98 Å². The smallest absolute Gasteiger partial charge is 0.145 e. The van der Waals surface area contributed by atoms with Crippen molar-refractivity contribution in [2.75, 3.05) is 0 Å². The molecule has 0 aliphatic carbocycles. The van der Waals surface area contributed by atoms with Crippen LogP contribution in [0.5, 0.6) is 0 Å². The predicted octanol–water partition coefficient (Wildman–Crippen LogP) is 5.97. The summed E-state index contributed by atoms with van der Waals surface area (Å²) in [7, 11) is 31.8. The van der Waals surface area contributed by atoms with E-state index < -0.39 is 0 Å². The minimum Gasteiger partial charge on any atom is -0.292 e. The van der Waals surface area contributed by atoms with Crippen LogP contribution in [0.2, 0.25) is 0 Å². The van der Waals surface area contributed by atoms with Crippen LogP contribution in [0.3, 0.4) is 0 Å². The number of aromatic nitrogens is 2. The molecule has 52 heavy (non-hydrogen) atoms. The van der Waals surface area contributed by atoms with E-state index in [1.165, 1.54) is 0 Å². The third kappa shape index (κ3) is 4.99. The molecule has 1 heterocycles. The molecule has 0 aliphatic heterocycles. The third-order valence-corrected chi connectivity index (χ3v) is 10.1. The Kier molecular flexibility index (Phi) is 7.81. The molecular weight excluding hydrogens is 623 g/mol. The average Bonchev–Trinajstić information content (AvgIpc) is 3.58. The molecule has 0 atom stereocenters. The zero-order valence-electron chi connectivity index (χ0n) is 28.2. The van der Waals surface area contributed by atoms with Crippen molar-refractivity contribution in [2.24, 2.45) is 0 Å². The molecule has 9 aromatic rings. The first-order chi connectivity index (χ1) is 25.4. The lowest BCUT2D eigenvalue weighted by Gasteiger charge is -2.23. The van der Waals surface area contributed by atoms with Gasteiger partial charge < -0.3 is 0 Å². The van der Waals surface area contributed by atoms with E-state index in [-0.39, 0.29) is 16.4 Å². The molecule has 2 nitrogen and oxygen atoms in total. The van der Waals surface area contributed by atoms with Gasteiger partial charge in [0.2, 0.25) is 0 Å². The maximum atomic E-state index is 6.53. The first-order valence-corrected chi connectivity index (χ1v) is 17.1. The number of rotatable bonds is 5. The van der Waals surface area contributed by atoms with Crippen LogP contribution in [-0.2, 0) is 0 Å². The van der Waals surface area contributed by atoms with Gasteiger partial charge in [0.25, 0.3) is 0 Å². The van der Waals surface area contributed by atoms with Gasteiger partial charge in [-0.3, -0.25) is 4.57 Å². The summed E-state index contributed by atoms with van der Waals surface area (Å²) in [6.07, 6.45) is 0. The second-order valence-corrected chi connectivity index (χ2v) is 13.0. The summed E-state index contributed by atoms with van der Waals surface area (Å²) in [4.78, 5) is 5.16. The Labute approximate surface area is 309 Å². The molecule has 230 valence electrons. The Morgan fingerprint density at radius 1 is 0.385 bits per heavy atom. The lowest BCUT2D eigenvalue weighted by molar-refractivity contribution is 1.10. The van der Waals surface area contributed by atoms with E-state index in [1.54, 1.807) is 0 Å². The molecule has 0 saturated heterocycles. The van der Waals surface area contributed by atoms with Crippen molar-refractivity contribution in [2.45, 2.75) is 0 Å². The van der Waals surface area contributed by atoms with E-state index in [9.17, 15) is 0 Å². The molecule has 0 aliphatic rings. The zero-order valence-corrected chi connectivity index (χ0v) is 28.2. The monoisotopic (exact) mass is 648 g/mol. The van der Waals surface area contributed by atoms with Crippen molar-refractivity contribution in [3.8, 4) is 50.5 Å². The quantitative estimate of drug-likeness (QED) is 0.166. The fraction of sp³-hybridized carbons (Fsp3) is 0. The summed E-state index contributed by atoms with van der Waals surface area (Å²) < 4.78 is 2.29. The highest BCUT2D eigenvalue weighted by atomic mass is 15.1. The Balaban J connectivity index is 1.34. The number of nitrogens with zero attached hydrogens (tertiary/aromatic N) is 2. The van der Waals surface area contributed by atoms with Gasteiger partial charge in [0, 0.05) is 11.1 Å². The molecular formula is C45H25B5N2. The second-order valence-electron chi connectivity index (χ2n) is 13.0. The first kappa shape index (κ1) is 32.0. The van der Waals surface area contributed by atoms with E-state index in [1.807, 2.05) is 24.3 Å². The molecule has 9 rings (SSSR count). The summed E-state index contributed by atoms with van der Waals surface area (Å²) in [6.45, 7) is 0.